The van der Waals surface area contributed by atoms with Crippen LogP contribution < -0.4 is 15.0 Å². The number of anilines is 2. The lowest BCUT2D eigenvalue weighted by atomic mass is 9.83. The standard InChI is InChI=1S/C24H16N2O5/c27-20(12-26-13-21(28)31-19-11-4-3-10-18(19)26)25-17-9-5-8-16-22(17)24(30)15-7-2-1-6-14(15)23(16)29/h1-11H,12-13H2,(H,25,27). The van der Waals surface area contributed by atoms with Gasteiger partial charge in [-0.05, 0) is 18.2 Å². The number of nitrogens with zero attached hydrogens (tertiary/aromatic N) is 1. The maximum absolute atomic E-state index is 13.1. The molecule has 1 N–H and O–H groups in total. The minimum atomic E-state index is -0.457. The second-order valence-electron chi connectivity index (χ2n) is 7.28. The van der Waals surface area contributed by atoms with Crippen molar-refractivity contribution in [1.82, 2.24) is 0 Å². The molecule has 0 unspecified atom stereocenters. The van der Waals surface area contributed by atoms with E-state index in [9.17, 15) is 19.2 Å². The highest BCUT2D eigenvalue weighted by molar-refractivity contribution is 6.30. The Morgan fingerprint density at radius 1 is 0.839 bits per heavy atom. The molecule has 152 valence electrons. The summed E-state index contributed by atoms with van der Waals surface area (Å²) in [6, 6.07) is 18.4. The molecule has 1 amide bonds. The van der Waals surface area contributed by atoms with Crippen molar-refractivity contribution in [1.29, 1.82) is 0 Å². The van der Waals surface area contributed by atoms with E-state index >= 15 is 0 Å². The third-order valence-electron chi connectivity index (χ3n) is 5.31. The quantitative estimate of drug-likeness (QED) is 0.411. The molecule has 1 aliphatic carbocycles. The molecule has 3 aromatic carbocycles. The summed E-state index contributed by atoms with van der Waals surface area (Å²) in [6.07, 6.45) is 0. The monoisotopic (exact) mass is 412 g/mol. The Labute approximate surface area is 177 Å². The molecular formula is C24H16N2O5. The van der Waals surface area contributed by atoms with Gasteiger partial charge in [0.1, 0.15) is 6.54 Å². The van der Waals surface area contributed by atoms with Crippen molar-refractivity contribution in [3.63, 3.8) is 0 Å². The van der Waals surface area contributed by atoms with Gasteiger partial charge < -0.3 is 15.0 Å². The van der Waals surface area contributed by atoms with Crippen LogP contribution >= 0.6 is 0 Å². The van der Waals surface area contributed by atoms with E-state index in [0.29, 0.717) is 22.6 Å². The number of hydrogen-bond acceptors (Lipinski definition) is 6. The number of rotatable bonds is 3. The van der Waals surface area contributed by atoms with Crippen molar-refractivity contribution in [2.24, 2.45) is 0 Å². The molecule has 5 rings (SSSR count). The number of esters is 1. The average Bonchev–Trinajstić information content (AvgIpc) is 2.77. The second kappa shape index (κ2) is 7.21. The third-order valence-corrected chi connectivity index (χ3v) is 5.31. The zero-order valence-corrected chi connectivity index (χ0v) is 16.3. The lowest BCUT2D eigenvalue weighted by Gasteiger charge is -2.29. The number of fused-ring (bicyclic) bond motifs is 3. The molecule has 7 heteroatoms. The highest BCUT2D eigenvalue weighted by Crippen LogP contribution is 2.33. The molecule has 0 atom stereocenters. The fourth-order valence-electron chi connectivity index (χ4n) is 3.95. The van der Waals surface area contributed by atoms with Crippen LogP contribution in [0.1, 0.15) is 31.8 Å². The Morgan fingerprint density at radius 2 is 1.52 bits per heavy atom. The number of amides is 1. The first-order valence-corrected chi connectivity index (χ1v) is 9.69. The Kier molecular flexibility index (Phi) is 4.36. The average molecular weight is 412 g/mol. The van der Waals surface area contributed by atoms with Crippen LogP contribution in [-0.4, -0.2) is 36.5 Å². The van der Waals surface area contributed by atoms with Crippen molar-refractivity contribution in [2.75, 3.05) is 23.3 Å². The number of ether oxygens (including phenoxy) is 1. The van der Waals surface area contributed by atoms with E-state index in [4.69, 9.17) is 4.74 Å². The molecule has 3 aromatic rings. The number of hydrogen-bond donors (Lipinski definition) is 1. The second-order valence-corrected chi connectivity index (χ2v) is 7.28. The number of para-hydroxylation sites is 2. The fraction of sp³-hybridized carbons (Fsp3) is 0.0833. The molecular weight excluding hydrogens is 396 g/mol. The molecule has 0 saturated carbocycles. The SMILES string of the molecule is O=C(CN1CC(=O)Oc2ccccc21)Nc1cccc2c1C(=O)c1ccccc1C2=O. The smallest absolute Gasteiger partial charge is 0.331 e. The summed E-state index contributed by atoms with van der Waals surface area (Å²) in [5, 5.41) is 2.74. The van der Waals surface area contributed by atoms with Crippen LogP contribution in [-0.2, 0) is 9.59 Å². The first kappa shape index (κ1) is 18.7. The summed E-state index contributed by atoms with van der Waals surface area (Å²) in [6.45, 7) is -0.184. The number of nitrogens with one attached hydrogen (secondary N) is 1. The zero-order valence-electron chi connectivity index (χ0n) is 16.3. The highest BCUT2D eigenvalue weighted by Gasteiger charge is 2.32. The number of carbonyl (C=O) groups excluding carboxylic acids is 4. The van der Waals surface area contributed by atoms with E-state index in [1.54, 1.807) is 71.6 Å². The summed E-state index contributed by atoms with van der Waals surface area (Å²) < 4.78 is 5.20. The third kappa shape index (κ3) is 3.16. The van der Waals surface area contributed by atoms with Gasteiger partial charge in [-0.3, -0.25) is 14.4 Å². The normalized spacial score (nSPS) is 14.3. The van der Waals surface area contributed by atoms with Crippen LogP contribution in [0.5, 0.6) is 5.75 Å². The van der Waals surface area contributed by atoms with Gasteiger partial charge in [-0.15, -0.1) is 0 Å². The molecule has 0 saturated heterocycles. The predicted octanol–water partition coefficient (Wildman–Crippen LogP) is 2.83. The first-order chi connectivity index (χ1) is 15.0. The Balaban J connectivity index is 1.43. The lowest BCUT2D eigenvalue weighted by Crippen LogP contribution is -2.41. The number of carbonyl (C=O) groups is 4. The maximum atomic E-state index is 13.1. The van der Waals surface area contributed by atoms with Crippen molar-refractivity contribution in [3.05, 3.63) is 89.0 Å². The van der Waals surface area contributed by atoms with Gasteiger partial charge in [0.25, 0.3) is 0 Å². The van der Waals surface area contributed by atoms with E-state index in [1.807, 2.05) is 0 Å². The lowest BCUT2D eigenvalue weighted by molar-refractivity contribution is -0.133. The Bertz CT molecular complexity index is 1280. The van der Waals surface area contributed by atoms with E-state index in [1.165, 1.54) is 0 Å². The van der Waals surface area contributed by atoms with Crippen molar-refractivity contribution in [3.8, 4) is 5.75 Å². The van der Waals surface area contributed by atoms with Gasteiger partial charge in [0.15, 0.2) is 17.3 Å². The highest BCUT2D eigenvalue weighted by atomic mass is 16.5. The maximum Gasteiger partial charge on any atom is 0.331 e. The first-order valence-electron chi connectivity index (χ1n) is 9.69. The van der Waals surface area contributed by atoms with E-state index in [0.717, 1.165) is 0 Å². The molecule has 31 heavy (non-hydrogen) atoms. The molecule has 1 aliphatic heterocycles. The molecule has 0 spiro atoms. The molecule has 1 heterocycles. The van der Waals surface area contributed by atoms with Gasteiger partial charge in [0.2, 0.25) is 5.91 Å². The van der Waals surface area contributed by atoms with Crippen LogP contribution in [0.15, 0.2) is 66.7 Å². The van der Waals surface area contributed by atoms with Gasteiger partial charge in [0, 0.05) is 16.7 Å². The van der Waals surface area contributed by atoms with Gasteiger partial charge >= 0.3 is 5.97 Å². The molecule has 0 aromatic heterocycles. The fourth-order valence-corrected chi connectivity index (χ4v) is 3.95. The Hall–Kier alpha value is -4.26. The van der Waals surface area contributed by atoms with E-state index in [2.05, 4.69) is 5.32 Å². The molecule has 7 nitrogen and oxygen atoms in total. The minimum absolute atomic E-state index is 0.0673. The Morgan fingerprint density at radius 3 is 2.32 bits per heavy atom. The topological polar surface area (TPSA) is 92.8 Å². The number of ketones is 2. The number of benzene rings is 3. The van der Waals surface area contributed by atoms with Gasteiger partial charge in [-0.2, -0.15) is 0 Å². The summed E-state index contributed by atoms with van der Waals surface area (Å²) in [7, 11) is 0. The predicted molar refractivity (Wildman–Crippen MR) is 113 cm³/mol. The molecule has 0 radical (unpaired) electrons. The molecule has 0 fully saturated rings. The van der Waals surface area contributed by atoms with Gasteiger partial charge in [0.05, 0.1) is 23.5 Å². The zero-order chi connectivity index (χ0) is 21.5. The summed E-state index contributed by atoms with van der Waals surface area (Å²) >= 11 is 0. The summed E-state index contributed by atoms with van der Waals surface area (Å²) in [5.41, 5.74) is 2.00. The van der Waals surface area contributed by atoms with Crippen LogP contribution in [0.25, 0.3) is 0 Å². The van der Waals surface area contributed by atoms with Gasteiger partial charge in [-0.25, -0.2) is 4.79 Å². The summed E-state index contributed by atoms with van der Waals surface area (Å²) in [4.78, 5) is 52.2. The van der Waals surface area contributed by atoms with Crippen LogP contribution in [0, 0.1) is 0 Å². The molecule has 0 bridgehead atoms. The van der Waals surface area contributed by atoms with Crippen LogP contribution in [0.2, 0.25) is 0 Å². The van der Waals surface area contributed by atoms with E-state index < -0.39 is 11.9 Å². The van der Waals surface area contributed by atoms with Crippen molar-refractivity contribution >= 4 is 34.8 Å². The van der Waals surface area contributed by atoms with Crippen LogP contribution in [0.3, 0.4) is 0 Å². The minimum Gasteiger partial charge on any atom is -0.423 e. The van der Waals surface area contributed by atoms with Crippen molar-refractivity contribution < 1.29 is 23.9 Å². The largest absolute Gasteiger partial charge is 0.423 e. The summed E-state index contributed by atoms with van der Waals surface area (Å²) in [5.74, 6) is -1.05. The van der Waals surface area contributed by atoms with E-state index in [-0.39, 0.29) is 41.5 Å². The van der Waals surface area contributed by atoms with Gasteiger partial charge in [-0.1, -0.05) is 48.5 Å². The molecule has 2 aliphatic rings. The van der Waals surface area contributed by atoms with Crippen molar-refractivity contribution in [2.45, 2.75) is 0 Å². The van der Waals surface area contributed by atoms with Crippen LogP contribution in [0.4, 0.5) is 11.4 Å².